The molecule has 2 rings (SSSR count). The molecule has 0 heterocycles. The number of para-hydroxylation sites is 1. The zero-order chi connectivity index (χ0) is 14.5. The van der Waals surface area contributed by atoms with Crippen LogP contribution in [0.3, 0.4) is 0 Å². The van der Waals surface area contributed by atoms with Crippen molar-refractivity contribution in [1.82, 2.24) is 0 Å². The van der Waals surface area contributed by atoms with Crippen LogP contribution in [0.4, 0.5) is 0 Å². The molecule has 0 radical (unpaired) electrons. The molecule has 0 N–H and O–H groups in total. The maximum atomic E-state index is 12.3. The molecule has 20 heavy (non-hydrogen) atoms. The zero-order valence-corrected chi connectivity index (χ0v) is 12.0. The topological polar surface area (TPSA) is 35.5 Å². The van der Waals surface area contributed by atoms with Crippen molar-refractivity contribution in [3.05, 3.63) is 59.2 Å². The molecule has 0 amide bonds. The molecule has 0 aromatic heterocycles. The Balaban J connectivity index is 2.17. The molecule has 2 aromatic carbocycles. The minimum atomic E-state index is -0.0804. The number of ether oxygens (including phenoxy) is 2. The highest BCUT2D eigenvalue weighted by Crippen LogP contribution is 2.25. The highest BCUT2D eigenvalue weighted by Gasteiger charge is 2.16. The van der Waals surface area contributed by atoms with E-state index in [2.05, 4.69) is 0 Å². The second kappa shape index (κ2) is 6.24. The first kappa shape index (κ1) is 14.1. The molecule has 3 nitrogen and oxygen atoms in total. The number of hydrogen-bond acceptors (Lipinski definition) is 3. The molecule has 0 spiro atoms. The van der Waals surface area contributed by atoms with Crippen molar-refractivity contribution in [1.29, 1.82) is 0 Å². The van der Waals surface area contributed by atoms with Gasteiger partial charge in [0.1, 0.15) is 11.5 Å². The number of rotatable bonds is 5. The first-order valence-electron chi connectivity index (χ1n) is 6.48. The van der Waals surface area contributed by atoms with Crippen LogP contribution < -0.4 is 9.47 Å². The molecule has 0 unspecified atom stereocenters. The third-order valence-corrected chi connectivity index (χ3v) is 3.06. The van der Waals surface area contributed by atoms with Gasteiger partial charge >= 0.3 is 0 Å². The molecular formula is C17H18O3. The summed E-state index contributed by atoms with van der Waals surface area (Å²) in [5.41, 5.74) is 2.57. The van der Waals surface area contributed by atoms with Gasteiger partial charge in [0.15, 0.2) is 6.61 Å². The largest absolute Gasteiger partial charge is 0.496 e. The fraction of sp³-hybridized carbons (Fsp3) is 0.235. The van der Waals surface area contributed by atoms with E-state index in [0.717, 1.165) is 11.1 Å². The van der Waals surface area contributed by atoms with Gasteiger partial charge in [0, 0.05) is 0 Å². The fourth-order valence-electron chi connectivity index (χ4n) is 2.18. The lowest BCUT2D eigenvalue weighted by Gasteiger charge is -2.12. The van der Waals surface area contributed by atoms with Gasteiger partial charge < -0.3 is 9.47 Å². The molecular weight excluding hydrogens is 252 g/mol. The predicted octanol–water partition coefficient (Wildman–Crippen LogP) is 3.57. The Morgan fingerprint density at radius 1 is 1.10 bits per heavy atom. The Labute approximate surface area is 119 Å². The van der Waals surface area contributed by atoms with Gasteiger partial charge in [-0.1, -0.05) is 24.3 Å². The molecule has 0 fully saturated rings. The van der Waals surface area contributed by atoms with Gasteiger partial charge in [0.2, 0.25) is 5.78 Å². The summed E-state index contributed by atoms with van der Waals surface area (Å²) in [6.07, 6.45) is 0. The van der Waals surface area contributed by atoms with Crippen LogP contribution in [0.5, 0.6) is 11.5 Å². The monoisotopic (exact) mass is 270 g/mol. The molecule has 2 aromatic rings. The molecule has 0 aliphatic rings. The van der Waals surface area contributed by atoms with Crippen LogP contribution in [-0.4, -0.2) is 19.5 Å². The Hall–Kier alpha value is -2.29. The average molecular weight is 270 g/mol. The highest BCUT2D eigenvalue weighted by molar-refractivity contribution is 6.01. The quantitative estimate of drug-likeness (QED) is 0.779. The van der Waals surface area contributed by atoms with Crippen molar-refractivity contribution >= 4 is 5.78 Å². The second-order valence-electron chi connectivity index (χ2n) is 4.68. The number of ketones is 1. The van der Waals surface area contributed by atoms with E-state index < -0.39 is 0 Å². The number of benzene rings is 2. The van der Waals surface area contributed by atoms with E-state index in [4.69, 9.17) is 9.47 Å². The SMILES string of the molecule is COc1cc(C)cc(C)c1C(=O)COc1ccccc1. The van der Waals surface area contributed by atoms with Gasteiger partial charge in [0.25, 0.3) is 0 Å². The molecule has 0 aliphatic carbocycles. The summed E-state index contributed by atoms with van der Waals surface area (Å²) in [6.45, 7) is 3.89. The van der Waals surface area contributed by atoms with Gasteiger partial charge in [-0.2, -0.15) is 0 Å². The Morgan fingerprint density at radius 2 is 1.80 bits per heavy atom. The maximum absolute atomic E-state index is 12.3. The second-order valence-corrected chi connectivity index (χ2v) is 4.68. The summed E-state index contributed by atoms with van der Waals surface area (Å²) >= 11 is 0. The van der Waals surface area contributed by atoms with Crippen molar-refractivity contribution in [2.75, 3.05) is 13.7 Å². The highest BCUT2D eigenvalue weighted by atomic mass is 16.5. The zero-order valence-electron chi connectivity index (χ0n) is 12.0. The van der Waals surface area contributed by atoms with Crippen molar-refractivity contribution < 1.29 is 14.3 Å². The van der Waals surface area contributed by atoms with E-state index in [9.17, 15) is 4.79 Å². The summed E-state index contributed by atoms with van der Waals surface area (Å²) in [4.78, 5) is 12.3. The van der Waals surface area contributed by atoms with Gasteiger partial charge in [-0.15, -0.1) is 0 Å². The van der Waals surface area contributed by atoms with Crippen LogP contribution in [0, 0.1) is 13.8 Å². The van der Waals surface area contributed by atoms with Crippen LogP contribution >= 0.6 is 0 Å². The van der Waals surface area contributed by atoms with E-state index in [1.807, 2.05) is 56.3 Å². The Kier molecular flexibility index (Phi) is 4.41. The van der Waals surface area contributed by atoms with E-state index >= 15 is 0 Å². The summed E-state index contributed by atoms with van der Waals surface area (Å²) in [5, 5.41) is 0. The third-order valence-electron chi connectivity index (χ3n) is 3.06. The molecule has 0 atom stereocenters. The van der Waals surface area contributed by atoms with Crippen molar-refractivity contribution in [2.45, 2.75) is 13.8 Å². The van der Waals surface area contributed by atoms with Gasteiger partial charge in [-0.05, 0) is 43.2 Å². The predicted molar refractivity (Wildman–Crippen MR) is 78.7 cm³/mol. The fourth-order valence-corrected chi connectivity index (χ4v) is 2.18. The summed E-state index contributed by atoms with van der Waals surface area (Å²) in [6, 6.07) is 13.1. The number of carbonyl (C=O) groups is 1. The molecule has 3 heteroatoms. The minimum absolute atomic E-state index is 0.00424. The smallest absolute Gasteiger partial charge is 0.204 e. The molecule has 0 saturated heterocycles. The molecule has 104 valence electrons. The normalized spacial score (nSPS) is 10.2. The van der Waals surface area contributed by atoms with Crippen LogP contribution in [0.1, 0.15) is 21.5 Å². The van der Waals surface area contributed by atoms with Crippen LogP contribution in [0.2, 0.25) is 0 Å². The number of carbonyl (C=O) groups excluding carboxylic acids is 1. The van der Waals surface area contributed by atoms with E-state index in [-0.39, 0.29) is 12.4 Å². The lowest BCUT2D eigenvalue weighted by molar-refractivity contribution is 0.0918. The Morgan fingerprint density at radius 3 is 2.45 bits per heavy atom. The number of Topliss-reactive ketones (excluding diaryl/α,β-unsaturated/α-hetero) is 1. The maximum Gasteiger partial charge on any atom is 0.204 e. The van der Waals surface area contributed by atoms with Crippen LogP contribution in [0.25, 0.3) is 0 Å². The number of methoxy groups -OCH3 is 1. The molecule has 0 bridgehead atoms. The van der Waals surface area contributed by atoms with Gasteiger partial charge in [-0.3, -0.25) is 4.79 Å². The first-order valence-corrected chi connectivity index (χ1v) is 6.48. The summed E-state index contributed by atoms with van der Waals surface area (Å²) in [5.74, 6) is 1.21. The minimum Gasteiger partial charge on any atom is -0.496 e. The van der Waals surface area contributed by atoms with Crippen LogP contribution in [0.15, 0.2) is 42.5 Å². The number of aryl methyl sites for hydroxylation is 2. The third kappa shape index (κ3) is 3.18. The van der Waals surface area contributed by atoms with Crippen molar-refractivity contribution in [3.63, 3.8) is 0 Å². The van der Waals surface area contributed by atoms with E-state index in [0.29, 0.717) is 17.1 Å². The lowest BCUT2D eigenvalue weighted by Crippen LogP contribution is -2.14. The van der Waals surface area contributed by atoms with Gasteiger partial charge in [-0.25, -0.2) is 0 Å². The first-order chi connectivity index (χ1) is 9.61. The van der Waals surface area contributed by atoms with E-state index in [1.165, 1.54) is 0 Å². The van der Waals surface area contributed by atoms with Crippen molar-refractivity contribution in [3.8, 4) is 11.5 Å². The van der Waals surface area contributed by atoms with Crippen molar-refractivity contribution in [2.24, 2.45) is 0 Å². The molecule has 0 saturated carbocycles. The number of hydrogen-bond donors (Lipinski definition) is 0. The standard InChI is InChI=1S/C17H18O3/c1-12-9-13(2)17(16(10-12)19-3)15(18)11-20-14-7-5-4-6-8-14/h4-10H,11H2,1-3H3. The molecule has 0 aliphatic heterocycles. The summed E-state index contributed by atoms with van der Waals surface area (Å²) < 4.78 is 10.8. The van der Waals surface area contributed by atoms with Crippen LogP contribution in [-0.2, 0) is 0 Å². The van der Waals surface area contributed by atoms with Gasteiger partial charge in [0.05, 0.1) is 12.7 Å². The van der Waals surface area contributed by atoms with E-state index in [1.54, 1.807) is 7.11 Å². The average Bonchev–Trinajstić information content (AvgIpc) is 2.45. The summed E-state index contributed by atoms with van der Waals surface area (Å²) in [7, 11) is 1.57. The Bertz CT molecular complexity index is 603. The lowest BCUT2D eigenvalue weighted by atomic mass is 10.0.